The summed E-state index contributed by atoms with van der Waals surface area (Å²) in [6, 6.07) is 13.4. The molecule has 0 unspecified atom stereocenters. The van der Waals surface area contributed by atoms with Crippen molar-refractivity contribution in [3.8, 4) is 0 Å². The van der Waals surface area contributed by atoms with Crippen LogP contribution in [0.1, 0.15) is 10.4 Å². The maximum atomic E-state index is 12.9. The minimum Gasteiger partial charge on any atom is -0.354 e. The van der Waals surface area contributed by atoms with Crippen molar-refractivity contribution in [1.82, 2.24) is 15.4 Å². The van der Waals surface area contributed by atoms with Crippen LogP contribution in [0.2, 0.25) is 0 Å². The number of para-hydroxylation sites is 1. The fraction of sp³-hybridized carbons (Fsp3) is 0.300. The van der Waals surface area contributed by atoms with Crippen LogP contribution in [0.15, 0.2) is 53.1 Å². The highest BCUT2D eigenvalue weighted by molar-refractivity contribution is 5.94. The van der Waals surface area contributed by atoms with Crippen LogP contribution in [0.4, 0.5) is 10.2 Å². The van der Waals surface area contributed by atoms with Gasteiger partial charge in [-0.3, -0.25) is 9.69 Å². The third-order valence-electron chi connectivity index (χ3n) is 4.85. The fourth-order valence-corrected chi connectivity index (χ4v) is 3.31. The van der Waals surface area contributed by atoms with Crippen LogP contribution < -0.4 is 10.2 Å². The van der Waals surface area contributed by atoms with Crippen molar-refractivity contribution in [2.45, 2.75) is 0 Å². The van der Waals surface area contributed by atoms with Gasteiger partial charge in [-0.25, -0.2) is 4.39 Å². The lowest BCUT2D eigenvalue weighted by molar-refractivity contribution is 0.0947. The largest absolute Gasteiger partial charge is 0.354 e. The first-order valence-corrected chi connectivity index (χ1v) is 9.06. The second-order valence-electron chi connectivity index (χ2n) is 6.59. The second kappa shape index (κ2) is 7.75. The maximum Gasteiger partial charge on any atom is 0.251 e. The number of carbonyl (C=O) groups excluding carboxylic acids is 1. The summed E-state index contributed by atoms with van der Waals surface area (Å²) >= 11 is 0. The zero-order valence-corrected chi connectivity index (χ0v) is 14.9. The summed E-state index contributed by atoms with van der Waals surface area (Å²) in [6.45, 7) is 4.86. The molecule has 6 nitrogen and oxygen atoms in total. The Bertz CT molecular complexity index is 917. The molecule has 1 aliphatic heterocycles. The summed E-state index contributed by atoms with van der Waals surface area (Å²) in [5, 5.41) is 8.14. The zero-order chi connectivity index (χ0) is 18.6. The predicted octanol–water partition coefficient (Wildman–Crippen LogP) is 2.52. The molecule has 0 bridgehead atoms. The number of halogens is 1. The summed E-state index contributed by atoms with van der Waals surface area (Å²) in [4.78, 5) is 16.6. The van der Waals surface area contributed by atoms with E-state index in [0.717, 1.165) is 49.5 Å². The molecule has 0 radical (unpaired) electrons. The third-order valence-corrected chi connectivity index (χ3v) is 4.85. The van der Waals surface area contributed by atoms with Gasteiger partial charge in [0.05, 0.1) is 5.39 Å². The first-order valence-electron chi connectivity index (χ1n) is 9.06. The van der Waals surface area contributed by atoms with Crippen molar-refractivity contribution in [2.24, 2.45) is 0 Å². The standard InChI is InChI=1S/C20H21FN4O2/c21-16-7-5-15(6-8-16)20(26)22-9-10-24-11-13-25(14-12-24)19-17-3-1-2-4-18(17)27-23-19/h1-8H,9-14H2,(H,22,26). The van der Waals surface area contributed by atoms with Gasteiger partial charge in [0.2, 0.25) is 0 Å². The van der Waals surface area contributed by atoms with Crippen LogP contribution in [-0.4, -0.2) is 55.2 Å². The first kappa shape index (κ1) is 17.5. The Kier molecular flexibility index (Phi) is 5.02. The lowest BCUT2D eigenvalue weighted by Gasteiger charge is -2.34. The van der Waals surface area contributed by atoms with E-state index in [1.807, 2.05) is 24.3 Å². The van der Waals surface area contributed by atoms with Crippen molar-refractivity contribution in [2.75, 3.05) is 44.2 Å². The number of hydrogen-bond donors (Lipinski definition) is 1. The molecule has 1 aliphatic rings. The van der Waals surface area contributed by atoms with Crippen LogP contribution in [0.3, 0.4) is 0 Å². The Morgan fingerprint density at radius 2 is 1.81 bits per heavy atom. The second-order valence-corrected chi connectivity index (χ2v) is 6.59. The SMILES string of the molecule is O=C(NCCN1CCN(c2noc3ccccc23)CC1)c1ccc(F)cc1. The van der Waals surface area contributed by atoms with E-state index in [1.165, 1.54) is 24.3 Å². The highest BCUT2D eigenvalue weighted by Crippen LogP contribution is 2.26. The van der Waals surface area contributed by atoms with Gasteiger partial charge in [-0.05, 0) is 36.4 Å². The topological polar surface area (TPSA) is 61.6 Å². The van der Waals surface area contributed by atoms with E-state index < -0.39 is 0 Å². The Hall–Kier alpha value is -2.93. The summed E-state index contributed by atoms with van der Waals surface area (Å²) in [6.07, 6.45) is 0. The van der Waals surface area contributed by atoms with Gasteiger partial charge < -0.3 is 14.7 Å². The molecule has 4 rings (SSSR count). The fourth-order valence-electron chi connectivity index (χ4n) is 3.31. The number of amides is 1. The minimum atomic E-state index is -0.343. The number of piperazine rings is 1. The molecule has 1 amide bonds. The third kappa shape index (κ3) is 3.93. The molecular weight excluding hydrogens is 347 g/mol. The van der Waals surface area contributed by atoms with Crippen molar-refractivity contribution in [3.05, 3.63) is 59.9 Å². The highest BCUT2D eigenvalue weighted by Gasteiger charge is 2.21. The molecule has 3 aromatic rings. The molecule has 0 spiro atoms. The zero-order valence-electron chi connectivity index (χ0n) is 14.9. The lowest BCUT2D eigenvalue weighted by Crippen LogP contribution is -2.48. The van der Waals surface area contributed by atoms with Crippen molar-refractivity contribution in [1.29, 1.82) is 0 Å². The van der Waals surface area contributed by atoms with Crippen LogP contribution in [0, 0.1) is 5.82 Å². The predicted molar refractivity (Wildman–Crippen MR) is 101 cm³/mol. The van der Waals surface area contributed by atoms with Crippen LogP contribution in [-0.2, 0) is 0 Å². The van der Waals surface area contributed by atoms with Crippen LogP contribution >= 0.6 is 0 Å². The van der Waals surface area contributed by atoms with Gasteiger partial charge in [-0.1, -0.05) is 17.3 Å². The summed E-state index contributed by atoms with van der Waals surface area (Å²) in [5.74, 6) is 0.377. The number of benzene rings is 2. The van der Waals surface area contributed by atoms with Crippen molar-refractivity contribution in [3.63, 3.8) is 0 Å². The number of nitrogens with zero attached hydrogens (tertiary/aromatic N) is 3. The van der Waals surface area contributed by atoms with Gasteiger partial charge in [0.1, 0.15) is 5.82 Å². The summed E-state index contributed by atoms with van der Waals surface area (Å²) in [7, 11) is 0. The molecular formula is C20H21FN4O2. The number of anilines is 1. The van der Waals surface area contributed by atoms with E-state index >= 15 is 0 Å². The molecule has 1 saturated heterocycles. The molecule has 2 heterocycles. The molecule has 1 fully saturated rings. The van der Waals surface area contributed by atoms with Gasteiger partial charge >= 0.3 is 0 Å². The van der Waals surface area contributed by atoms with Gasteiger partial charge in [-0.2, -0.15) is 0 Å². The average molecular weight is 368 g/mol. The molecule has 1 N–H and O–H groups in total. The molecule has 7 heteroatoms. The number of carbonyl (C=O) groups is 1. The summed E-state index contributed by atoms with van der Waals surface area (Å²) < 4.78 is 18.3. The van der Waals surface area contributed by atoms with E-state index in [-0.39, 0.29) is 11.7 Å². The smallest absolute Gasteiger partial charge is 0.251 e. The summed E-state index contributed by atoms with van der Waals surface area (Å²) in [5.41, 5.74) is 1.28. The minimum absolute atomic E-state index is 0.178. The van der Waals surface area contributed by atoms with E-state index in [4.69, 9.17) is 4.52 Å². The maximum absolute atomic E-state index is 12.9. The van der Waals surface area contributed by atoms with E-state index in [9.17, 15) is 9.18 Å². The first-order chi connectivity index (χ1) is 13.2. The van der Waals surface area contributed by atoms with E-state index in [2.05, 4.69) is 20.3 Å². The van der Waals surface area contributed by atoms with E-state index in [0.29, 0.717) is 12.1 Å². The van der Waals surface area contributed by atoms with Gasteiger partial charge in [0.25, 0.3) is 5.91 Å². The number of nitrogens with one attached hydrogen (secondary N) is 1. The molecule has 2 aromatic carbocycles. The van der Waals surface area contributed by atoms with Gasteiger partial charge in [0.15, 0.2) is 11.4 Å². The van der Waals surface area contributed by atoms with Crippen LogP contribution in [0.5, 0.6) is 0 Å². The molecule has 0 aliphatic carbocycles. The quantitative estimate of drug-likeness (QED) is 0.750. The number of fused-ring (bicyclic) bond motifs is 1. The highest BCUT2D eigenvalue weighted by atomic mass is 19.1. The Labute approximate surface area is 156 Å². The van der Waals surface area contributed by atoms with Gasteiger partial charge in [0, 0.05) is 44.8 Å². The van der Waals surface area contributed by atoms with E-state index in [1.54, 1.807) is 0 Å². The normalized spacial score (nSPS) is 15.2. The molecule has 1 aromatic heterocycles. The average Bonchev–Trinajstić information content (AvgIpc) is 3.13. The Morgan fingerprint density at radius 3 is 2.59 bits per heavy atom. The molecule has 140 valence electrons. The lowest BCUT2D eigenvalue weighted by atomic mass is 10.2. The Morgan fingerprint density at radius 1 is 1.07 bits per heavy atom. The van der Waals surface area contributed by atoms with Crippen molar-refractivity contribution < 1.29 is 13.7 Å². The number of aromatic nitrogens is 1. The molecule has 27 heavy (non-hydrogen) atoms. The van der Waals surface area contributed by atoms with Crippen molar-refractivity contribution >= 4 is 22.7 Å². The van der Waals surface area contributed by atoms with Gasteiger partial charge in [-0.15, -0.1) is 0 Å². The molecule has 0 atom stereocenters. The number of rotatable bonds is 5. The molecule has 0 saturated carbocycles. The number of hydrogen-bond acceptors (Lipinski definition) is 5. The van der Waals surface area contributed by atoms with Crippen LogP contribution in [0.25, 0.3) is 11.0 Å². The monoisotopic (exact) mass is 368 g/mol. The Balaban J connectivity index is 1.25.